The molecular formula is C11H13N3O4. The third kappa shape index (κ3) is 2.40. The molecule has 1 saturated heterocycles. The summed E-state index contributed by atoms with van der Waals surface area (Å²) in [6.07, 6.45) is 0. The van der Waals surface area contributed by atoms with E-state index in [0.29, 0.717) is 24.3 Å². The van der Waals surface area contributed by atoms with Crippen LogP contribution in [0.5, 0.6) is 0 Å². The van der Waals surface area contributed by atoms with Gasteiger partial charge in [-0.3, -0.25) is 14.9 Å². The molecule has 0 aromatic heterocycles. The second-order valence-corrected chi connectivity index (χ2v) is 4.00. The standard InChI is InChI=1S/C11H13N3O4/c15-7-8-5-9(14(17)18)1-2-10(8)13-4-3-12-11(16)6-13/h1-2,5,15H,3-4,6-7H2,(H,12,16). The van der Waals surface area contributed by atoms with E-state index < -0.39 is 4.92 Å². The minimum absolute atomic E-state index is 0.0655. The van der Waals surface area contributed by atoms with Gasteiger partial charge in [-0.05, 0) is 6.07 Å². The molecule has 0 unspecified atom stereocenters. The molecule has 1 aromatic carbocycles. The first-order chi connectivity index (χ1) is 8.61. The number of amides is 1. The van der Waals surface area contributed by atoms with Crippen molar-refractivity contribution in [1.29, 1.82) is 0 Å². The molecule has 0 bridgehead atoms. The molecule has 18 heavy (non-hydrogen) atoms. The van der Waals surface area contributed by atoms with Gasteiger partial charge >= 0.3 is 0 Å². The average molecular weight is 251 g/mol. The van der Waals surface area contributed by atoms with Crippen molar-refractivity contribution in [2.45, 2.75) is 6.61 Å². The summed E-state index contributed by atoms with van der Waals surface area (Å²) in [4.78, 5) is 23.2. The highest BCUT2D eigenvalue weighted by Gasteiger charge is 2.20. The lowest BCUT2D eigenvalue weighted by Crippen LogP contribution is -2.48. The molecule has 0 atom stereocenters. The maximum Gasteiger partial charge on any atom is 0.269 e. The first kappa shape index (κ1) is 12.3. The Kier molecular flexibility index (Phi) is 3.42. The highest BCUT2D eigenvalue weighted by atomic mass is 16.6. The number of hydrogen-bond acceptors (Lipinski definition) is 5. The summed E-state index contributed by atoms with van der Waals surface area (Å²) in [6, 6.07) is 4.28. The van der Waals surface area contributed by atoms with E-state index in [1.807, 2.05) is 0 Å². The van der Waals surface area contributed by atoms with Crippen molar-refractivity contribution < 1.29 is 14.8 Å². The number of aliphatic hydroxyl groups is 1. The molecule has 7 heteroatoms. The normalized spacial score (nSPS) is 15.4. The molecule has 96 valence electrons. The van der Waals surface area contributed by atoms with E-state index in [9.17, 15) is 20.0 Å². The van der Waals surface area contributed by atoms with Crippen molar-refractivity contribution in [3.8, 4) is 0 Å². The number of rotatable bonds is 3. The SMILES string of the molecule is O=C1CN(c2ccc([N+](=O)[O-])cc2CO)CCN1. The Morgan fingerprint density at radius 1 is 1.50 bits per heavy atom. The van der Waals surface area contributed by atoms with E-state index in [-0.39, 0.29) is 24.7 Å². The van der Waals surface area contributed by atoms with Gasteiger partial charge in [-0.15, -0.1) is 0 Å². The van der Waals surface area contributed by atoms with Gasteiger partial charge in [-0.1, -0.05) is 0 Å². The fourth-order valence-corrected chi connectivity index (χ4v) is 1.96. The van der Waals surface area contributed by atoms with E-state index >= 15 is 0 Å². The molecule has 1 fully saturated rings. The van der Waals surface area contributed by atoms with Crippen molar-refractivity contribution in [3.05, 3.63) is 33.9 Å². The molecule has 0 aliphatic carbocycles. The lowest BCUT2D eigenvalue weighted by atomic mass is 10.1. The summed E-state index contributed by atoms with van der Waals surface area (Å²) in [5.74, 6) is -0.0940. The van der Waals surface area contributed by atoms with Crippen LogP contribution in [0.3, 0.4) is 0 Å². The van der Waals surface area contributed by atoms with Gasteiger partial charge in [-0.25, -0.2) is 0 Å². The lowest BCUT2D eigenvalue weighted by Gasteiger charge is -2.30. The Hall–Kier alpha value is -2.15. The van der Waals surface area contributed by atoms with Gasteiger partial charge in [0.2, 0.25) is 5.91 Å². The van der Waals surface area contributed by atoms with Crippen LogP contribution in [0, 0.1) is 10.1 Å². The maximum atomic E-state index is 11.3. The van der Waals surface area contributed by atoms with Crippen LogP contribution in [0.2, 0.25) is 0 Å². The minimum Gasteiger partial charge on any atom is -0.392 e. The first-order valence-electron chi connectivity index (χ1n) is 5.51. The molecule has 2 N–H and O–H groups in total. The van der Waals surface area contributed by atoms with Crippen LogP contribution >= 0.6 is 0 Å². The Morgan fingerprint density at radius 3 is 2.89 bits per heavy atom. The summed E-state index contributed by atoms with van der Waals surface area (Å²) in [6.45, 7) is 1.05. The van der Waals surface area contributed by atoms with Crippen LogP contribution in [0.1, 0.15) is 5.56 Å². The predicted molar refractivity (Wildman–Crippen MR) is 64.2 cm³/mol. The van der Waals surface area contributed by atoms with Crippen LogP contribution in [0.25, 0.3) is 0 Å². The fraction of sp³-hybridized carbons (Fsp3) is 0.364. The number of nitro groups is 1. The number of nitrogens with zero attached hydrogens (tertiary/aromatic N) is 2. The molecule has 1 aliphatic heterocycles. The van der Waals surface area contributed by atoms with Crippen LogP contribution in [-0.4, -0.2) is 35.6 Å². The maximum absolute atomic E-state index is 11.3. The topological polar surface area (TPSA) is 95.7 Å². The molecule has 1 amide bonds. The van der Waals surface area contributed by atoms with Gasteiger partial charge in [0.25, 0.3) is 5.69 Å². The van der Waals surface area contributed by atoms with Crippen molar-refractivity contribution in [1.82, 2.24) is 5.32 Å². The van der Waals surface area contributed by atoms with Crippen LogP contribution in [-0.2, 0) is 11.4 Å². The predicted octanol–water partition coefficient (Wildman–Crippen LogP) is 0.0233. The monoisotopic (exact) mass is 251 g/mol. The van der Waals surface area contributed by atoms with E-state index in [0.717, 1.165) is 0 Å². The molecule has 0 saturated carbocycles. The van der Waals surface area contributed by atoms with Gasteiger partial charge in [0.05, 0.1) is 18.1 Å². The zero-order valence-electron chi connectivity index (χ0n) is 9.63. The smallest absolute Gasteiger partial charge is 0.269 e. The number of piperazine rings is 1. The molecule has 0 spiro atoms. The number of anilines is 1. The lowest BCUT2D eigenvalue weighted by molar-refractivity contribution is -0.384. The number of benzene rings is 1. The second kappa shape index (κ2) is 5.01. The average Bonchev–Trinajstić information content (AvgIpc) is 2.37. The van der Waals surface area contributed by atoms with Crippen molar-refractivity contribution in [3.63, 3.8) is 0 Å². The van der Waals surface area contributed by atoms with E-state index in [1.165, 1.54) is 12.1 Å². The van der Waals surface area contributed by atoms with E-state index in [4.69, 9.17) is 0 Å². The Bertz CT molecular complexity index is 489. The third-order valence-corrected chi connectivity index (χ3v) is 2.82. The van der Waals surface area contributed by atoms with Crippen molar-refractivity contribution in [2.75, 3.05) is 24.5 Å². The van der Waals surface area contributed by atoms with Gasteiger partial charge in [0.15, 0.2) is 0 Å². The fourth-order valence-electron chi connectivity index (χ4n) is 1.96. The Balaban J connectivity index is 2.32. The quantitative estimate of drug-likeness (QED) is 0.583. The van der Waals surface area contributed by atoms with Crippen molar-refractivity contribution in [2.24, 2.45) is 0 Å². The number of aliphatic hydroxyl groups excluding tert-OH is 1. The first-order valence-corrected chi connectivity index (χ1v) is 5.51. The van der Waals surface area contributed by atoms with Gasteiger partial charge < -0.3 is 15.3 Å². The Labute approximate surface area is 103 Å². The van der Waals surface area contributed by atoms with Gasteiger partial charge in [-0.2, -0.15) is 0 Å². The number of non-ortho nitro benzene ring substituents is 1. The number of carbonyl (C=O) groups excluding carboxylic acids is 1. The van der Waals surface area contributed by atoms with E-state index in [1.54, 1.807) is 11.0 Å². The molecule has 1 heterocycles. The zero-order valence-corrected chi connectivity index (χ0v) is 9.63. The number of nitrogens with one attached hydrogen (secondary N) is 1. The van der Waals surface area contributed by atoms with Gasteiger partial charge in [0.1, 0.15) is 0 Å². The van der Waals surface area contributed by atoms with E-state index in [2.05, 4.69) is 5.32 Å². The summed E-state index contributed by atoms with van der Waals surface area (Å²) >= 11 is 0. The van der Waals surface area contributed by atoms with Crippen molar-refractivity contribution >= 4 is 17.3 Å². The van der Waals surface area contributed by atoms with Crippen LogP contribution in [0.15, 0.2) is 18.2 Å². The second-order valence-electron chi connectivity index (χ2n) is 4.00. The molecule has 0 radical (unpaired) electrons. The highest BCUT2D eigenvalue weighted by Crippen LogP contribution is 2.25. The Morgan fingerprint density at radius 2 is 2.28 bits per heavy atom. The highest BCUT2D eigenvalue weighted by molar-refractivity contribution is 5.83. The summed E-state index contributed by atoms with van der Waals surface area (Å²) in [5, 5.41) is 22.6. The minimum atomic E-state index is -0.508. The number of hydrogen-bond donors (Lipinski definition) is 2. The number of carbonyl (C=O) groups is 1. The van der Waals surface area contributed by atoms with Crippen LogP contribution < -0.4 is 10.2 Å². The zero-order chi connectivity index (χ0) is 13.1. The molecule has 2 rings (SSSR count). The molecule has 1 aromatic rings. The summed E-state index contributed by atoms with van der Waals surface area (Å²) in [7, 11) is 0. The third-order valence-electron chi connectivity index (χ3n) is 2.82. The largest absolute Gasteiger partial charge is 0.392 e. The molecule has 7 nitrogen and oxygen atoms in total. The summed E-state index contributed by atoms with van der Waals surface area (Å²) in [5.41, 5.74) is 1.06. The molecular weight excluding hydrogens is 238 g/mol. The molecule has 1 aliphatic rings. The number of nitro benzene ring substituents is 1. The summed E-state index contributed by atoms with van der Waals surface area (Å²) < 4.78 is 0. The van der Waals surface area contributed by atoms with Crippen LogP contribution in [0.4, 0.5) is 11.4 Å². The van der Waals surface area contributed by atoms with Gasteiger partial charge in [0, 0.05) is 36.5 Å².